The third kappa shape index (κ3) is 5.47. The first-order valence-electron chi connectivity index (χ1n) is 10.1. The number of alkyl halides is 3. The second-order valence-corrected chi connectivity index (χ2v) is 10.4. The summed E-state index contributed by atoms with van der Waals surface area (Å²) in [6, 6.07) is 18.6. The predicted octanol–water partition coefficient (Wildman–Crippen LogP) is 6.85. The Kier molecular flexibility index (Phi) is 6.86. The van der Waals surface area contributed by atoms with Gasteiger partial charge in [0.05, 0.1) is 20.6 Å². The molecule has 0 saturated carbocycles. The maximum Gasteiger partial charge on any atom is 0.435 e. The molecule has 0 unspecified atom stereocenters. The number of aromatic nitrogens is 2. The van der Waals surface area contributed by atoms with E-state index < -0.39 is 21.7 Å². The molecule has 5 nitrogen and oxygen atoms in total. The molecule has 0 N–H and O–H groups in total. The molecule has 11 heteroatoms. The van der Waals surface area contributed by atoms with Crippen LogP contribution >= 0.6 is 23.2 Å². The number of hydrogen-bond acceptors (Lipinski definition) is 4. The molecule has 1 aromatic heterocycles. The number of sulfone groups is 1. The number of halogens is 5. The molecular formula is C24H17Cl2F3N2O3S. The molecule has 4 rings (SSSR count). The lowest BCUT2D eigenvalue weighted by Crippen LogP contribution is -2.09. The molecule has 0 saturated heterocycles. The van der Waals surface area contributed by atoms with Crippen LogP contribution in [0, 0.1) is 0 Å². The van der Waals surface area contributed by atoms with Gasteiger partial charge in [0.2, 0.25) is 0 Å². The van der Waals surface area contributed by atoms with Crippen LogP contribution in [-0.2, 0) is 22.6 Å². The maximum atomic E-state index is 13.4. The zero-order valence-electron chi connectivity index (χ0n) is 18.1. The van der Waals surface area contributed by atoms with E-state index in [4.69, 9.17) is 27.9 Å². The minimum absolute atomic E-state index is 0.0822. The zero-order valence-corrected chi connectivity index (χ0v) is 20.4. The molecule has 0 aliphatic heterocycles. The molecule has 0 spiro atoms. The summed E-state index contributed by atoms with van der Waals surface area (Å²) in [5.74, 6) is 0.358. The molecule has 0 atom stereocenters. The van der Waals surface area contributed by atoms with Crippen molar-refractivity contribution in [3.05, 3.63) is 94.2 Å². The van der Waals surface area contributed by atoms with Gasteiger partial charge in [0.15, 0.2) is 15.5 Å². The highest BCUT2D eigenvalue weighted by molar-refractivity contribution is 7.90. The van der Waals surface area contributed by atoms with E-state index in [0.717, 1.165) is 17.0 Å². The molecule has 1 heterocycles. The minimum atomic E-state index is -4.68. The van der Waals surface area contributed by atoms with Crippen molar-refractivity contribution >= 4 is 33.0 Å². The molecule has 0 bridgehead atoms. The van der Waals surface area contributed by atoms with Crippen molar-refractivity contribution in [1.82, 2.24) is 9.78 Å². The fraction of sp³-hybridized carbons (Fsp3) is 0.125. The smallest absolute Gasteiger partial charge is 0.435 e. The molecule has 35 heavy (non-hydrogen) atoms. The summed E-state index contributed by atoms with van der Waals surface area (Å²) < 4.78 is 71.0. The molecular weight excluding hydrogens is 524 g/mol. The van der Waals surface area contributed by atoms with Crippen molar-refractivity contribution in [1.29, 1.82) is 0 Å². The van der Waals surface area contributed by atoms with Gasteiger partial charge in [-0.3, -0.25) is 0 Å². The van der Waals surface area contributed by atoms with Crippen LogP contribution in [0.5, 0.6) is 5.75 Å². The number of ether oxygens (including phenoxy) is 1. The van der Waals surface area contributed by atoms with Gasteiger partial charge in [-0.2, -0.15) is 18.3 Å². The van der Waals surface area contributed by atoms with Gasteiger partial charge in [0, 0.05) is 11.8 Å². The molecule has 182 valence electrons. The Morgan fingerprint density at radius 1 is 0.943 bits per heavy atom. The summed E-state index contributed by atoms with van der Waals surface area (Å²) in [4.78, 5) is 0.189. The topological polar surface area (TPSA) is 61.2 Å². The Balaban J connectivity index is 1.63. The van der Waals surface area contributed by atoms with Crippen molar-refractivity contribution in [3.63, 3.8) is 0 Å². The van der Waals surface area contributed by atoms with Gasteiger partial charge in [-0.15, -0.1) is 0 Å². The van der Waals surface area contributed by atoms with E-state index in [0.29, 0.717) is 16.9 Å². The lowest BCUT2D eigenvalue weighted by molar-refractivity contribution is -0.141. The van der Waals surface area contributed by atoms with Crippen LogP contribution in [-0.4, -0.2) is 24.5 Å². The Labute approximate surface area is 209 Å². The summed E-state index contributed by atoms with van der Waals surface area (Å²) in [7, 11) is -3.44. The van der Waals surface area contributed by atoms with Gasteiger partial charge in [-0.25, -0.2) is 13.1 Å². The van der Waals surface area contributed by atoms with Crippen LogP contribution in [0.15, 0.2) is 77.7 Å². The normalized spacial score (nSPS) is 12.1. The summed E-state index contributed by atoms with van der Waals surface area (Å²) in [5.41, 5.74) is 0.254. The van der Waals surface area contributed by atoms with Crippen LogP contribution in [0.25, 0.3) is 16.8 Å². The monoisotopic (exact) mass is 540 g/mol. The largest absolute Gasteiger partial charge is 0.487 e. The van der Waals surface area contributed by atoms with Crippen LogP contribution in [0.2, 0.25) is 10.0 Å². The zero-order chi connectivity index (χ0) is 25.4. The molecule has 0 amide bonds. The van der Waals surface area contributed by atoms with Gasteiger partial charge in [-0.1, -0.05) is 59.6 Å². The molecule has 3 aromatic carbocycles. The molecule has 0 fully saturated rings. The third-order valence-electron chi connectivity index (χ3n) is 5.06. The molecule has 0 radical (unpaired) electrons. The van der Waals surface area contributed by atoms with E-state index in [1.165, 1.54) is 18.2 Å². The lowest BCUT2D eigenvalue weighted by atomic mass is 10.1. The fourth-order valence-electron chi connectivity index (χ4n) is 3.46. The SMILES string of the molecule is CS(=O)(=O)c1ccccc1-c1ccc(OCc2cc(C(F)(F)F)nn2-c2c(Cl)cccc2Cl)cc1. The molecule has 0 aliphatic carbocycles. The first-order valence-corrected chi connectivity index (χ1v) is 12.7. The Bertz CT molecular complexity index is 1460. The third-order valence-corrected chi connectivity index (χ3v) is 6.83. The highest BCUT2D eigenvalue weighted by Gasteiger charge is 2.35. The standard InChI is InChI=1S/C24H17Cl2F3N2O3S/c1-35(32,33)21-8-3-2-5-18(21)15-9-11-17(12-10-15)34-14-16-13-22(24(27,28)29)30-31(16)23-19(25)6-4-7-20(23)26/h2-13H,14H2,1H3. The quantitative estimate of drug-likeness (QED) is 0.268. The van der Waals surface area contributed by atoms with Gasteiger partial charge in [0.1, 0.15) is 18.0 Å². The van der Waals surface area contributed by atoms with Crippen molar-refractivity contribution in [2.75, 3.05) is 6.26 Å². The second-order valence-electron chi connectivity index (χ2n) is 7.58. The minimum Gasteiger partial charge on any atom is -0.487 e. The second kappa shape index (κ2) is 9.56. The lowest BCUT2D eigenvalue weighted by Gasteiger charge is -2.13. The van der Waals surface area contributed by atoms with E-state index in [9.17, 15) is 21.6 Å². The number of rotatable bonds is 6. The number of para-hydroxylation sites is 1. The number of benzene rings is 3. The summed E-state index contributed by atoms with van der Waals surface area (Å²) in [5, 5.41) is 3.92. The average molecular weight is 541 g/mol. The summed E-state index contributed by atoms with van der Waals surface area (Å²) in [6.07, 6.45) is -3.55. The van der Waals surface area contributed by atoms with E-state index in [-0.39, 0.29) is 32.9 Å². The van der Waals surface area contributed by atoms with Crippen molar-refractivity contribution in [2.45, 2.75) is 17.7 Å². The van der Waals surface area contributed by atoms with E-state index in [1.807, 2.05) is 0 Å². The van der Waals surface area contributed by atoms with Crippen LogP contribution in [0.3, 0.4) is 0 Å². The average Bonchev–Trinajstić information content (AvgIpc) is 3.22. The van der Waals surface area contributed by atoms with E-state index in [1.54, 1.807) is 48.5 Å². The van der Waals surface area contributed by atoms with E-state index >= 15 is 0 Å². The molecule has 4 aromatic rings. The van der Waals surface area contributed by atoms with Crippen molar-refractivity contribution in [3.8, 4) is 22.6 Å². The fourth-order valence-corrected chi connectivity index (χ4v) is 4.93. The summed E-state index contributed by atoms with van der Waals surface area (Å²) in [6.45, 7) is -0.260. The molecule has 0 aliphatic rings. The van der Waals surface area contributed by atoms with Crippen molar-refractivity contribution in [2.24, 2.45) is 0 Å². The summed E-state index contributed by atoms with van der Waals surface area (Å²) >= 11 is 12.4. The van der Waals surface area contributed by atoms with Gasteiger partial charge < -0.3 is 4.74 Å². The van der Waals surface area contributed by atoms with Crippen LogP contribution in [0.1, 0.15) is 11.4 Å². The van der Waals surface area contributed by atoms with Gasteiger partial charge >= 0.3 is 6.18 Å². The van der Waals surface area contributed by atoms with E-state index in [2.05, 4.69) is 5.10 Å². The number of nitrogens with zero attached hydrogens (tertiary/aromatic N) is 2. The van der Waals surface area contributed by atoms with Crippen LogP contribution < -0.4 is 4.74 Å². The highest BCUT2D eigenvalue weighted by atomic mass is 35.5. The van der Waals surface area contributed by atoms with Gasteiger partial charge in [-0.05, 0) is 42.0 Å². The Hall–Kier alpha value is -3.01. The predicted molar refractivity (Wildman–Crippen MR) is 128 cm³/mol. The highest BCUT2D eigenvalue weighted by Crippen LogP contribution is 2.34. The Morgan fingerprint density at radius 3 is 2.17 bits per heavy atom. The Morgan fingerprint density at radius 2 is 1.57 bits per heavy atom. The van der Waals surface area contributed by atoms with Gasteiger partial charge in [0.25, 0.3) is 0 Å². The first-order chi connectivity index (χ1) is 16.4. The maximum absolute atomic E-state index is 13.4. The number of hydrogen-bond donors (Lipinski definition) is 0. The van der Waals surface area contributed by atoms with Crippen LogP contribution in [0.4, 0.5) is 13.2 Å². The first kappa shape index (κ1) is 25.1. The van der Waals surface area contributed by atoms with Crippen molar-refractivity contribution < 1.29 is 26.3 Å².